The van der Waals surface area contributed by atoms with Crippen LogP contribution < -0.4 is 0 Å². The third kappa shape index (κ3) is 3.37. The number of hydrogen-bond donors (Lipinski definition) is 2. The fraction of sp³-hybridized carbons (Fsp3) is 0.846. The fourth-order valence-corrected chi connectivity index (χ4v) is 2.73. The Morgan fingerprint density at radius 2 is 1.79 bits per heavy atom. The summed E-state index contributed by atoms with van der Waals surface area (Å²) in [6.45, 7) is 3.81. The molecule has 0 bridgehead atoms. The molecule has 2 rings (SSSR count). The zero-order valence-electron chi connectivity index (χ0n) is 11.3. The number of hydrogen-bond acceptors (Lipinski definition) is 3. The van der Waals surface area contributed by atoms with Crippen LogP contribution >= 0.6 is 0 Å². The van der Waals surface area contributed by atoms with Crippen LogP contribution in [0, 0.1) is 5.92 Å². The first-order chi connectivity index (χ1) is 8.89. The van der Waals surface area contributed by atoms with E-state index in [2.05, 4.69) is 0 Å². The molecule has 0 aromatic carbocycles. The maximum absolute atomic E-state index is 12.3. The second-order valence-electron chi connectivity index (χ2n) is 5.89. The van der Waals surface area contributed by atoms with Gasteiger partial charge in [0.15, 0.2) is 0 Å². The van der Waals surface area contributed by atoms with Gasteiger partial charge in [0, 0.05) is 26.2 Å². The molecule has 2 amide bonds. The van der Waals surface area contributed by atoms with E-state index in [4.69, 9.17) is 5.11 Å². The Morgan fingerprint density at radius 1 is 1.16 bits per heavy atom. The Kier molecular flexibility index (Phi) is 3.99. The van der Waals surface area contributed by atoms with Crippen LogP contribution in [0.5, 0.6) is 0 Å². The lowest BCUT2D eigenvalue weighted by atomic mass is 9.94. The first-order valence-corrected chi connectivity index (χ1v) is 6.88. The number of carbonyl (C=O) groups excluding carboxylic acids is 1. The number of nitrogens with zero attached hydrogens (tertiary/aromatic N) is 2. The van der Waals surface area contributed by atoms with Crippen LogP contribution in [-0.4, -0.2) is 63.8 Å². The molecule has 2 saturated heterocycles. The molecule has 2 heterocycles. The summed E-state index contributed by atoms with van der Waals surface area (Å²) in [5.74, 6) is -1.26. The quantitative estimate of drug-likeness (QED) is 0.736. The lowest BCUT2D eigenvalue weighted by molar-refractivity contribution is -0.143. The molecule has 2 N–H and O–H groups in total. The Labute approximate surface area is 113 Å². The van der Waals surface area contributed by atoms with Crippen molar-refractivity contribution in [2.45, 2.75) is 38.2 Å². The van der Waals surface area contributed by atoms with Gasteiger partial charge in [-0.15, -0.1) is 0 Å². The van der Waals surface area contributed by atoms with Gasteiger partial charge in [0.2, 0.25) is 0 Å². The van der Waals surface area contributed by atoms with Gasteiger partial charge in [-0.2, -0.15) is 0 Å². The zero-order chi connectivity index (χ0) is 14.0. The van der Waals surface area contributed by atoms with E-state index in [1.54, 1.807) is 16.7 Å². The molecule has 0 aliphatic carbocycles. The van der Waals surface area contributed by atoms with Crippen LogP contribution in [0.25, 0.3) is 0 Å². The predicted molar refractivity (Wildman–Crippen MR) is 68.8 cm³/mol. The van der Waals surface area contributed by atoms with Crippen molar-refractivity contribution in [1.82, 2.24) is 9.80 Å². The molecule has 0 spiro atoms. The Morgan fingerprint density at radius 3 is 2.37 bits per heavy atom. The van der Waals surface area contributed by atoms with E-state index >= 15 is 0 Å². The largest absolute Gasteiger partial charge is 0.481 e. The molecule has 2 fully saturated rings. The summed E-state index contributed by atoms with van der Waals surface area (Å²) in [5, 5.41) is 18.9. The van der Waals surface area contributed by atoms with Crippen LogP contribution in [0.2, 0.25) is 0 Å². The average Bonchev–Trinajstić information content (AvgIpc) is 2.38. The topological polar surface area (TPSA) is 81.1 Å². The van der Waals surface area contributed by atoms with E-state index in [1.165, 1.54) is 0 Å². The normalized spacial score (nSPS) is 27.2. The third-order valence-electron chi connectivity index (χ3n) is 4.15. The molecular weight excluding hydrogens is 248 g/mol. The Bertz CT molecular complexity index is 360. The first-order valence-electron chi connectivity index (χ1n) is 6.88. The highest BCUT2D eigenvalue weighted by atomic mass is 16.4. The highest BCUT2D eigenvalue weighted by molar-refractivity contribution is 5.76. The maximum Gasteiger partial charge on any atom is 0.320 e. The maximum atomic E-state index is 12.3. The van der Waals surface area contributed by atoms with Crippen LogP contribution in [0.1, 0.15) is 32.6 Å². The van der Waals surface area contributed by atoms with Gasteiger partial charge in [-0.3, -0.25) is 4.79 Å². The molecule has 2 aliphatic rings. The van der Waals surface area contributed by atoms with E-state index < -0.39 is 17.5 Å². The summed E-state index contributed by atoms with van der Waals surface area (Å²) in [7, 11) is 0. The highest BCUT2D eigenvalue weighted by Gasteiger charge is 2.34. The number of aliphatic hydroxyl groups is 1. The van der Waals surface area contributed by atoms with Gasteiger partial charge in [0.1, 0.15) is 0 Å². The van der Waals surface area contributed by atoms with Crippen LogP contribution in [0.15, 0.2) is 0 Å². The van der Waals surface area contributed by atoms with Crippen molar-refractivity contribution in [2.75, 3.05) is 26.2 Å². The number of carbonyl (C=O) groups is 2. The molecule has 0 aromatic rings. The average molecular weight is 270 g/mol. The molecule has 6 nitrogen and oxygen atoms in total. The molecule has 0 aromatic heterocycles. The van der Waals surface area contributed by atoms with Gasteiger partial charge in [-0.25, -0.2) is 4.79 Å². The minimum absolute atomic E-state index is 0.0820. The molecule has 108 valence electrons. The minimum atomic E-state index is -0.820. The summed E-state index contributed by atoms with van der Waals surface area (Å²) < 4.78 is 0. The number of carboxylic acid groups (broad SMARTS) is 1. The van der Waals surface area contributed by atoms with Crippen molar-refractivity contribution in [3.05, 3.63) is 0 Å². The van der Waals surface area contributed by atoms with E-state index in [1.807, 2.05) is 0 Å². The molecule has 6 heteroatoms. The van der Waals surface area contributed by atoms with Gasteiger partial charge in [0.05, 0.1) is 11.5 Å². The summed E-state index contributed by atoms with van der Waals surface area (Å²) in [6.07, 6.45) is 2.55. The summed E-state index contributed by atoms with van der Waals surface area (Å²) in [6, 6.07) is -0.0820. The first kappa shape index (κ1) is 14.1. The van der Waals surface area contributed by atoms with E-state index in [0.717, 1.165) is 6.42 Å². The lowest BCUT2D eigenvalue weighted by Gasteiger charge is -2.40. The second-order valence-corrected chi connectivity index (χ2v) is 5.89. The molecule has 19 heavy (non-hydrogen) atoms. The Balaban J connectivity index is 1.91. The number of rotatable bonds is 1. The molecule has 0 radical (unpaired) electrons. The standard InChI is InChI=1S/C13H22N2O4/c1-13(19)4-7-14(8-5-13)12(18)15-6-2-3-10(9-15)11(16)17/h10,19H,2-9H2,1H3,(H,16,17)/t10-/m0/s1. The monoisotopic (exact) mass is 270 g/mol. The number of aliphatic carboxylic acids is 1. The number of carboxylic acids is 1. The molecule has 0 saturated carbocycles. The van der Waals surface area contributed by atoms with Crippen LogP contribution in [-0.2, 0) is 4.79 Å². The number of urea groups is 1. The van der Waals surface area contributed by atoms with Gasteiger partial charge in [-0.05, 0) is 32.6 Å². The lowest BCUT2D eigenvalue weighted by Crippen LogP contribution is -2.53. The molecule has 0 unspecified atom stereocenters. The van der Waals surface area contributed by atoms with Gasteiger partial charge < -0.3 is 20.0 Å². The molecular formula is C13H22N2O4. The van der Waals surface area contributed by atoms with E-state index in [-0.39, 0.29) is 6.03 Å². The summed E-state index contributed by atoms with van der Waals surface area (Å²) >= 11 is 0. The van der Waals surface area contributed by atoms with Crippen molar-refractivity contribution < 1.29 is 19.8 Å². The summed E-state index contributed by atoms with van der Waals surface area (Å²) in [5.41, 5.74) is -0.678. The zero-order valence-corrected chi connectivity index (χ0v) is 11.3. The predicted octanol–water partition coefficient (Wildman–Crippen LogP) is 0.750. The smallest absolute Gasteiger partial charge is 0.320 e. The van der Waals surface area contributed by atoms with Crippen molar-refractivity contribution >= 4 is 12.0 Å². The van der Waals surface area contributed by atoms with Crippen LogP contribution in [0.4, 0.5) is 4.79 Å². The van der Waals surface area contributed by atoms with E-state index in [0.29, 0.717) is 45.4 Å². The van der Waals surface area contributed by atoms with Crippen molar-refractivity contribution in [1.29, 1.82) is 0 Å². The van der Waals surface area contributed by atoms with E-state index in [9.17, 15) is 14.7 Å². The van der Waals surface area contributed by atoms with Crippen molar-refractivity contribution in [3.8, 4) is 0 Å². The second kappa shape index (κ2) is 5.36. The third-order valence-corrected chi connectivity index (χ3v) is 4.15. The number of amides is 2. The molecule has 2 aliphatic heterocycles. The SMILES string of the molecule is CC1(O)CCN(C(=O)N2CCC[C@H](C(=O)O)C2)CC1. The minimum Gasteiger partial charge on any atom is -0.481 e. The van der Waals surface area contributed by atoms with Crippen LogP contribution in [0.3, 0.4) is 0 Å². The van der Waals surface area contributed by atoms with Gasteiger partial charge >= 0.3 is 12.0 Å². The molecule has 1 atom stereocenters. The number of likely N-dealkylation sites (tertiary alicyclic amines) is 2. The van der Waals surface area contributed by atoms with Gasteiger partial charge in [-0.1, -0.05) is 0 Å². The Hall–Kier alpha value is -1.30. The van der Waals surface area contributed by atoms with Crippen molar-refractivity contribution in [3.63, 3.8) is 0 Å². The highest BCUT2D eigenvalue weighted by Crippen LogP contribution is 2.24. The van der Waals surface area contributed by atoms with Gasteiger partial charge in [0.25, 0.3) is 0 Å². The summed E-state index contributed by atoms with van der Waals surface area (Å²) in [4.78, 5) is 26.7. The fourth-order valence-electron chi connectivity index (χ4n) is 2.73. The number of piperidine rings is 2. The van der Waals surface area contributed by atoms with Crippen molar-refractivity contribution in [2.24, 2.45) is 5.92 Å².